The molecule has 1 aliphatic carbocycles. The third-order valence-corrected chi connectivity index (χ3v) is 9.18. The Bertz CT molecular complexity index is 1420. The fourth-order valence-corrected chi connectivity index (χ4v) is 6.69. The molecule has 1 aliphatic heterocycles. The van der Waals surface area contributed by atoms with E-state index in [1.165, 1.54) is 28.3 Å². The van der Waals surface area contributed by atoms with Gasteiger partial charge in [0, 0.05) is 0 Å². The minimum atomic E-state index is -3.89. The van der Waals surface area contributed by atoms with Gasteiger partial charge < -0.3 is 10.1 Å². The monoisotopic (exact) mass is 518 g/mol. The summed E-state index contributed by atoms with van der Waals surface area (Å²) in [5, 5.41) is 3.14. The number of benzene rings is 3. The van der Waals surface area contributed by atoms with Crippen molar-refractivity contribution in [3.05, 3.63) is 88.5 Å². The number of nitrogens with one attached hydrogen (secondary N) is 1. The molecule has 1 heterocycles. The molecule has 0 radical (unpaired) electrons. The van der Waals surface area contributed by atoms with Gasteiger partial charge in [-0.25, -0.2) is 8.42 Å². The third kappa shape index (κ3) is 5.10. The lowest BCUT2D eigenvalue weighted by atomic mass is 9.88. The van der Waals surface area contributed by atoms with Crippen molar-refractivity contribution in [3.63, 3.8) is 0 Å². The number of carbonyl (C=O) groups is 1. The highest BCUT2D eigenvalue weighted by Gasteiger charge is 2.38. The highest BCUT2D eigenvalue weighted by atomic mass is 32.2. The van der Waals surface area contributed by atoms with Gasteiger partial charge in [-0.1, -0.05) is 48.9 Å². The first-order valence-electron chi connectivity index (χ1n) is 13.0. The Labute approximate surface area is 219 Å². The topological polar surface area (TPSA) is 75.7 Å². The highest BCUT2D eigenvalue weighted by molar-refractivity contribution is 7.92. The van der Waals surface area contributed by atoms with E-state index in [0.29, 0.717) is 11.4 Å². The SMILES string of the molecule is CC[C@H](NC(=O)[C@@H]1CN(S(=O)(=O)c2ccc(C)cc2)c2ccc(C)cc2O1)c1ccc2c(c1)CCCC2. The van der Waals surface area contributed by atoms with Crippen molar-refractivity contribution in [3.8, 4) is 5.75 Å². The first kappa shape index (κ1) is 25.3. The molecule has 37 heavy (non-hydrogen) atoms. The molecule has 7 heteroatoms. The van der Waals surface area contributed by atoms with Crippen LogP contribution in [0.15, 0.2) is 65.6 Å². The predicted octanol–water partition coefficient (Wildman–Crippen LogP) is 5.41. The first-order chi connectivity index (χ1) is 17.8. The molecule has 3 aromatic rings. The zero-order valence-electron chi connectivity index (χ0n) is 21.7. The van der Waals surface area contributed by atoms with Crippen LogP contribution < -0.4 is 14.4 Å². The van der Waals surface area contributed by atoms with Gasteiger partial charge in [0.05, 0.1) is 23.2 Å². The largest absolute Gasteiger partial charge is 0.476 e. The Morgan fingerprint density at radius 3 is 2.41 bits per heavy atom. The summed E-state index contributed by atoms with van der Waals surface area (Å²) in [6.45, 7) is 5.77. The normalized spacial score (nSPS) is 17.8. The molecule has 0 fully saturated rings. The molecule has 2 atom stereocenters. The number of amides is 1. The van der Waals surface area contributed by atoms with Gasteiger partial charge in [0.1, 0.15) is 5.75 Å². The van der Waals surface area contributed by atoms with Gasteiger partial charge in [0.25, 0.3) is 15.9 Å². The highest BCUT2D eigenvalue weighted by Crippen LogP contribution is 2.38. The van der Waals surface area contributed by atoms with Crippen molar-refractivity contribution in [2.45, 2.75) is 69.9 Å². The molecule has 0 bridgehead atoms. The van der Waals surface area contributed by atoms with Gasteiger partial charge in [0.15, 0.2) is 6.10 Å². The summed E-state index contributed by atoms with van der Waals surface area (Å²) in [6, 6.07) is 18.5. The molecule has 0 unspecified atom stereocenters. The van der Waals surface area contributed by atoms with Gasteiger partial charge in [0.2, 0.25) is 0 Å². The molecule has 6 nitrogen and oxygen atoms in total. The minimum Gasteiger partial charge on any atom is -0.476 e. The second-order valence-electron chi connectivity index (χ2n) is 10.1. The average molecular weight is 519 g/mol. The molecular weight excluding hydrogens is 484 g/mol. The predicted molar refractivity (Wildman–Crippen MR) is 146 cm³/mol. The maximum absolute atomic E-state index is 13.7. The molecule has 1 N–H and O–H groups in total. The third-order valence-electron chi connectivity index (χ3n) is 7.39. The summed E-state index contributed by atoms with van der Waals surface area (Å²) in [4.78, 5) is 13.7. The van der Waals surface area contributed by atoms with E-state index in [-0.39, 0.29) is 23.4 Å². The number of hydrogen-bond acceptors (Lipinski definition) is 4. The standard InChI is InChI=1S/C30H34N2O4S/c1-4-26(24-13-12-22-7-5-6-8-23(22)18-24)31-30(33)29-19-32(27-16-11-21(3)17-28(27)36-29)37(34,35)25-14-9-20(2)10-15-25/h9-18,26,29H,4-8,19H2,1-3H3,(H,31,33)/t26-,29-/m0/s1. The van der Waals surface area contributed by atoms with E-state index in [9.17, 15) is 13.2 Å². The van der Waals surface area contributed by atoms with Crippen molar-refractivity contribution >= 4 is 21.6 Å². The van der Waals surface area contributed by atoms with Gasteiger partial charge in [-0.05, 0) is 92.5 Å². The second kappa shape index (κ2) is 10.2. The number of hydrogen-bond donors (Lipinski definition) is 1. The van der Waals surface area contributed by atoms with Crippen LogP contribution in [0.5, 0.6) is 5.75 Å². The number of aryl methyl sites for hydroxylation is 4. The number of sulfonamides is 1. The van der Waals surface area contributed by atoms with Crippen LogP contribution in [0, 0.1) is 13.8 Å². The molecule has 194 valence electrons. The summed E-state index contributed by atoms with van der Waals surface area (Å²) in [7, 11) is -3.89. The van der Waals surface area contributed by atoms with Gasteiger partial charge in [-0.2, -0.15) is 0 Å². The molecule has 5 rings (SSSR count). The van der Waals surface area contributed by atoms with Gasteiger partial charge in [-0.15, -0.1) is 0 Å². The van der Waals surface area contributed by atoms with Crippen LogP contribution in [0.3, 0.4) is 0 Å². The van der Waals surface area contributed by atoms with Crippen molar-refractivity contribution < 1.29 is 17.9 Å². The quantitative estimate of drug-likeness (QED) is 0.474. The van der Waals surface area contributed by atoms with Crippen molar-refractivity contribution in [2.24, 2.45) is 0 Å². The van der Waals surface area contributed by atoms with E-state index in [0.717, 1.165) is 36.0 Å². The summed E-state index contributed by atoms with van der Waals surface area (Å²) < 4.78 is 34.8. The van der Waals surface area contributed by atoms with E-state index in [4.69, 9.17) is 4.74 Å². The molecule has 0 spiro atoms. The Balaban J connectivity index is 1.42. The van der Waals surface area contributed by atoms with Crippen LogP contribution in [0.4, 0.5) is 5.69 Å². The van der Waals surface area contributed by atoms with E-state index in [2.05, 4.69) is 23.5 Å². The van der Waals surface area contributed by atoms with Crippen LogP contribution >= 0.6 is 0 Å². The minimum absolute atomic E-state index is 0.0985. The zero-order valence-corrected chi connectivity index (χ0v) is 22.5. The van der Waals surface area contributed by atoms with Crippen LogP contribution in [0.2, 0.25) is 0 Å². The Morgan fingerprint density at radius 2 is 1.68 bits per heavy atom. The van der Waals surface area contributed by atoms with E-state index < -0.39 is 16.1 Å². The number of anilines is 1. The van der Waals surface area contributed by atoms with Crippen molar-refractivity contribution in [2.75, 3.05) is 10.8 Å². The summed E-state index contributed by atoms with van der Waals surface area (Å²) in [6.07, 6.45) is 4.35. The van der Waals surface area contributed by atoms with E-state index >= 15 is 0 Å². The Hall–Kier alpha value is -3.32. The number of ether oxygens (including phenoxy) is 1. The summed E-state index contributed by atoms with van der Waals surface area (Å²) >= 11 is 0. The molecular formula is C30H34N2O4S. The van der Waals surface area contributed by atoms with Crippen LogP contribution in [-0.2, 0) is 27.7 Å². The van der Waals surface area contributed by atoms with Crippen LogP contribution in [0.1, 0.15) is 60.0 Å². The fraction of sp³-hybridized carbons (Fsp3) is 0.367. The van der Waals surface area contributed by atoms with Gasteiger partial charge >= 0.3 is 0 Å². The van der Waals surface area contributed by atoms with Crippen LogP contribution in [0.25, 0.3) is 0 Å². The maximum atomic E-state index is 13.7. The molecule has 0 saturated carbocycles. The maximum Gasteiger partial charge on any atom is 0.264 e. The molecule has 2 aliphatic rings. The average Bonchev–Trinajstić information content (AvgIpc) is 2.90. The zero-order chi connectivity index (χ0) is 26.2. The molecule has 0 aromatic heterocycles. The smallest absolute Gasteiger partial charge is 0.264 e. The molecule has 0 saturated heterocycles. The molecule has 1 amide bonds. The molecule has 3 aromatic carbocycles. The van der Waals surface area contributed by atoms with E-state index in [1.54, 1.807) is 36.4 Å². The number of carbonyl (C=O) groups excluding carboxylic acids is 1. The lowest BCUT2D eigenvalue weighted by Crippen LogP contribution is -2.51. The lowest BCUT2D eigenvalue weighted by molar-refractivity contribution is -0.128. The van der Waals surface area contributed by atoms with E-state index in [1.807, 2.05) is 26.8 Å². The number of nitrogens with zero attached hydrogens (tertiary/aromatic N) is 1. The Morgan fingerprint density at radius 1 is 0.973 bits per heavy atom. The summed E-state index contributed by atoms with van der Waals surface area (Å²) in [5.41, 5.74) is 6.18. The van der Waals surface area contributed by atoms with Crippen molar-refractivity contribution in [1.82, 2.24) is 5.32 Å². The lowest BCUT2D eigenvalue weighted by Gasteiger charge is -2.35. The Kier molecular flexibility index (Phi) is 6.99. The van der Waals surface area contributed by atoms with Gasteiger partial charge in [-0.3, -0.25) is 9.10 Å². The number of rotatable bonds is 6. The fourth-order valence-electron chi connectivity index (χ4n) is 5.22. The number of fused-ring (bicyclic) bond motifs is 2. The van der Waals surface area contributed by atoms with Crippen LogP contribution in [-0.4, -0.2) is 27.0 Å². The second-order valence-corrected chi connectivity index (χ2v) is 12.0. The summed E-state index contributed by atoms with van der Waals surface area (Å²) in [5.74, 6) is 0.0738. The van der Waals surface area contributed by atoms with Crippen molar-refractivity contribution in [1.29, 1.82) is 0 Å². The first-order valence-corrected chi connectivity index (χ1v) is 14.5.